The Balaban J connectivity index is 1.47. The molecule has 1 atom stereocenters. The van der Waals surface area contributed by atoms with Crippen molar-refractivity contribution in [1.82, 2.24) is 9.13 Å². The van der Waals surface area contributed by atoms with Crippen molar-refractivity contribution in [1.29, 1.82) is 0 Å². The Morgan fingerprint density at radius 3 is 2.55 bits per heavy atom. The van der Waals surface area contributed by atoms with E-state index in [9.17, 15) is 18.8 Å². The van der Waals surface area contributed by atoms with Crippen molar-refractivity contribution in [2.45, 2.75) is 33.4 Å². The predicted octanol–water partition coefficient (Wildman–Crippen LogP) is 5.70. The van der Waals surface area contributed by atoms with E-state index < -0.39 is 17.8 Å². The Morgan fingerprint density at radius 1 is 1.08 bits per heavy atom. The quantitative estimate of drug-likeness (QED) is 0.184. The maximum absolute atomic E-state index is 14.4. The molecule has 0 unspecified atom stereocenters. The molecule has 49 heavy (non-hydrogen) atoms. The molecule has 0 bridgehead atoms. The number of fused-ring (bicyclic) bond motifs is 2. The number of anilines is 1. The van der Waals surface area contributed by atoms with Crippen molar-refractivity contribution in [2.24, 2.45) is 4.99 Å². The lowest BCUT2D eigenvalue weighted by atomic mass is 9.95. The first-order valence-electron chi connectivity index (χ1n) is 15.5. The molecule has 1 aliphatic heterocycles. The number of hydrogen-bond donors (Lipinski definition) is 1. The summed E-state index contributed by atoms with van der Waals surface area (Å²) in [5, 5.41) is 3.62. The van der Waals surface area contributed by atoms with Gasteiger partial charge in [-0.05, 0) is 74.9 Å². The molecule has 10 nitrogen and oxygen atoms in total. The normalized spacial score (nSPS) is 14.4. The number of esters is 1. The molecule has 2 aromatic heterocycles. The van der Waals surface area contributed by atoms with Gasteiger partial charge in [0, 0.05) is 32.8 Å². The van der Waals surface area contributed by atoms with Crippen LogP contribution in [-0.2, 0) is 20.9 Å². The Bertz CT molecular complexity index is 2310. The van der Waals surface area contributed by atoms with Gasteiger partial charge >= 0.3 is 5.97 Å². The topological polar surface area (TPSA) is 113 Å². The molecule has 0 spiro atoms. The number of ether oxygens (including phenoxy) is 3. The van der Waals surface area contributed by atoms with E-state index in [4.69, 9.17) is 14.2 Å². The van der Waals surface area contributed by atoms with Gasteiger partial charge in [0.1, 0.15) is 12.4 Å². The number of allylic oxidation sites excluding steroid dienone is 1. The third-order valence-corrected chi connectivity index (χ3v) is 9.61. The highest BCUT2D eigenvalue weighted by molar-refractivity contribution is 9.10. The number of rotatable bonds is 10. The molecule has 3 heterocycles. The van der Waals surface area contributed by atoms with E-state index in [-0.39, 0.29) is 30.2 Å². The second-order valence-corrected chi connectivity index (χ2v) is 12.9. The van der Waals surface area contributed by atoms with Crippen LogP contribution in [0.25, 0.3) is 17.0 Å². The summed E-state index contributed by atoms with van der Waals surface area (Å²) < 4.78 is 34.5. The number of benzene rings is 3. The summed E-state index contributed by atoms with van der Waals surface area (Å²) in [5.41, 5.74) is 2.89. The molecule has 3 aromatic carbocycles. The fourth-order valence-corrected chi connectivity index (χ4v) is 7.40. The Hall–Kier alpha value is -5.01. The van der Waals surface area contributed by atoms with Crippen LogP contribution in [0.5, 0.6) is 11.5 Å². The Morgan fingerprint density at radius 2 is 1.84 bits per heavy atom. The van der Waals surface area contributed by atoms with Gasteiger partial charge in [0.15, 0.2) is 16.3 Å². The number of carbonyl (C=O) groups excluding carboxylic acids is 2. The van der Waals surface area contributed by atoms with Crippen LogP contribution in [0.3, 0.4) is 0 Å². The van der Waals surface area contributed by atoms with Crippen LogP contribution < -0.4 is 29.7 Å². The number of nitrogens with zero attached hydrogens (tertiary/aromatic N) is 3. The van der Waals surface area contributed by atoms with Gasteiger partial charge in [-0.3, -0.25) is 14.2 Å². The van der Waals surface area contributed by atoms with Crippen LogP contribution in [0, 0.1) is 5.82 Å². The van der Waals surface area contributed by atoms with E-state index in [1.54, 1.807) is 36.6 Å². The summed E-state index contributed by atoms with van der Waals surface area (Å²) in [5.74, 6) is -0.318. The Kier molecular flexibility index (Phi) is 9.84. The maximum Gasteiger partial charge on any atom is 0.338 e. The van der Waals surface area contributed by atoms with E-state index in [0.717, 1.165) is 16.5 Å². The van der Waals surface area contributed by atoms with Crippen LogP contribution in [0.2, 0.25) is 0 Å². The van der Waals surface area contributed by atoms with Crippen molar-refractivity contribution >= 4 is 61.8 Å². The van der Waals surface area contributed by atoms with Gasteiger partial charge in [-0.1, -0.05) is 45.5 Å². The standard InChI is InChI=1S/C36H32BrFN4O6S/c1-5-47-29-17-26(37)25(16-28(29)46-4)33-32(35(45)48-6-2)20(3)39-36-42(33)34(44)30(49-36)15-21-18-41(27-10-8-7-9-24(21)27)19-31(43)40-23-13-11-22(38)12-14-23/h7-18,33H,5-6,19H2,1-4H3,(H,40,43)/b30-15+/t33-/m0/s1. The number of thiazole rings is 1. The molecule has 0 saturated heterocycles. The smallest absolute Gasteiger partial charge is 0.338 e. The van der Waals surface area contributed by atoms with Gasteiger partial charge in [0.05, 0.1) is 42.2 Å². The molecular formula is C36H32BrFN4O6S. The van der Waals surface area contributed by atoms with Crippen LogP contribution >= 0.6 is 27.3 Å². The summed E-state index contributed by atoms with van der Waals surface area (Å²) in [6.07, 6.45) is 3.59. The van der Waals surface area contributed by atoms with Gasteiger partial charge in [-0.15, -0.1) is 0 Å². The van der Waals surface area contributed by atoms with Gasteiger partial charge < -0.3 is 24.1 Å². The number of nitrogens with one attached hydrogen (secondary N) is 1. The lowest BCUT2D eigenvalue weighted by Crippen LogP contribution is -2.40. The first-order valence-corrected chi connectivity index (χ1v) is 17.1. The van der Waals surface area contributed by atoms with Gasteiger partial charge in [0.2, 0.25) is 5.91 Å². The molecule has 252 valence electrons. The third-order valence-electron chi connectivity index (χ3n) is 7.94. The zero-order chi connectivity index (χ0) is 34.8. The van der Waals surface area contributed by atoms with Crippen molar-refractivity contribution in [3.63, 3.8) is 0 Å². The SMILES string of the molecule is CCOC(=O)C1=C(C)N=c2s/c(=C/c3cn(CC(=O)Nc4ccc(F)cc4)c4ccccc34)c(=O)n2[C@H]1c1cc(OC)c(OCC)cc1Br. The molecular weight excluding hydrogens is 715 g/mol. The number of methoxy groups -OCH3 is 1. The number of aromatic nitrogens is 2. The van der Waals surface area contributed by atoms with Gasteiger partial charge in [-0.25, -0.2) is 14.2 Å². The average Bonchev–Trinajstić information content (AvgIpc) is 3.57. The van der Waals surface area contributed by atoms with Gasteiger partial charge in [-0.2, -0.15) is 0 Å². The van der Waals surface area contributed by atoms with E-state index in [2.05, 4.69) is 26.2 Å². The molecule has 0 radical (unpaired) electrons. The van der Waals surface area contributed by atoms with E-state index >= 15 is 0 Å². The lowest BCUT2D eigenvalue weighted by Gasteiger charge is -2.26. The third kappa shape index (κ3) is 6.68. The summed E-state index contributed by atoms with van der Waals surface area (Å²) in [6, 6.07) is 15.7. The van der Waals surface area contributed by atoms with Crippen molar-refractivity contribution in [3.05, 3.63) is 119 Å². The minimum Gasteiger partial charge on any atom is -0.493 e. The second kappa shape index (κ2) is 14.2. The fourth-order valence-electron chi connectivity index (χ4n) is 5.82. The molecule has 1 aliphatic rings. The zero-order valence-electron chi connectivity index (χ0n) is 27.1. The fraction of sp³-hybridized carbons (Fsp3) is 0.222. The number of hydrogen-bond acceptors (Lipinski definition) is 8. The molecule has 13 heteroatoms. The number of carbonyl (C=O) groups is 2. The van der Waals surface area contributed by atoms with Crippen molar-refractivity contribution in [3.8, 4) is 11.5 Å². The van der Waals surface area contributed by atoms with Crippen LogP contribution in [-0.4, -0.2) is 41.3 Å². The highest BCUT2D eigenvalue weighted by Crippen LogP contribution is 2.41. The van der Waals surface area contributed by atoms with Crippen LogP contribution in [0.15, 0.2) is 92.4 Å². The second-order valence-electron chi connectivity index (χ2n) is 11.0. The monoisotopic (exact) mass is 746 g/mol. The summed E-state index contributed by atoms with van der Waals surface area (Å²) in [6.45, 7) is 5.86. The summed E-state index contributed by atoms with van der Waals surface area (Å²) in [7, 11) is 1.53. The van der Waals surface area contributed by atoms with Crippen LogP contribution in [0.4, 0.5) is 10.1 Å². The average molecular weight is 748 g/mol. The largest absolute Gasteiger partial charge is 0.493 e. The summed E-state index contributed by atoms with van der Waals surface area (Å²) >= 11 is 4.85. The number of halogens is 2. The minimum absolute atomic E-state index is 0.0112. The Labute approximate surface area is 292 Å². The summed E-state index contributed by atoms with van der Waals surface area (Å²) in [4.78, 5) is 45.9. The van der Waals surface area contributed by atoms with E-state index in [1.165, 1.54) is 47.3 Å². The van der Waals surface area contributed by atoms with E-state index in [1.807, 2.05) is 37.4 Å². The first kappa shape index (κ1) is 33.9. The molecule has 6 rings (SSSR count). The molecule has 1 N–H and O–H groups in total. The predicted molar refractivity (Wildman–Crippen MR) is 189 cm³/mol. The van der Waals surface area contributed by atoms with Crippen LogP contribution in [0.1, 0.15) is 37.9 Å². The molecule has 0 aliphatic carbocycles. The molecule has 0 saturated carbocycles. The highest BCUT2D eigenvalue weighted by Gasteiger charge is 2.35. The molecule has 1 amide bonds. The number of para-hydroxylation sites is 1. The van der Waals surface area contributed by atoms with Gasteiger partial charge in [0.25, 0.3) is 5.56 Å². The van der Waals surface area contributed by atoms with Crippen molar-refractivity contribution < 1.29 is 28.2 Å². The molecule has 5 aromatic rings. The zero-order valence-corrected chi connectivity index (χ0v) is 29.5. The maximum atomic E-state index is 14.4. The minimum atomic E-state index is -0.882. The lowest BCUT2D eigenvalue weighted by molar-refractivity contribution is -0.139. The first-order chi connectivity index (χ1) is 23.6. The highest BCUT2D eigenvalue weighted by atomic mass is 79.9. The van der Waals surface area contributed by atoms with E-state index in [0.29, 0.717) is 48.9 Å². The van der Waals surface area contributed by atoms with Crippen molar-refractivity contribution in [2.75, 3.05) is 25.6 Å². The number of amides is 1. The molecule has 0 fully saturated rings.